The lowest BCUT2D eigenvalue weighted by molar-refractivity contribution is -0.306. The van der Waals surface area contributed by atoms with Crippen molar-refractivity contribution in [3.05, 3.63) is 6.33 Å². The second kappa shape index (κ2) is 7.72. The number of carbonyl (C=O) groups is 1. The van der Waals surface area contributed by atoms with Gasteiger partial charge in [-0.25, -0.2) is 4.98 Å². The van der Waals surface area contributed by atoms with Gasteiger partial charge in [0.2, 0.25) is 11.8 Å². The lowest BCUT2D eigenvalue weighted by atomic mass is 9.96. The van der Waals surface area contributed by atoms with Gasteiger partial charge < -0.3 is 49.3 Å². The first-order valence-electron chi connectivity index (χ1n) is 8.66. The zero-order chi connectivity index (χ0) is 22.4. The van der Waals surface area contributed by atoms with Crippen LogP contribution in [-0.4, -0.2) is 72.9 Å². The Morgan fingerprint density at radius 2 is 2.20 bits per heavy atom. The lowest BCUT2D eigenvalue weighted by Gasteiger charge is -2.31. The van der Waals surface area contributed by atoms with E-state index in [0.29, 0.717) is 0 Å². The molecular formula is C15H20N5O9P-2. The van der Waals surface area contributed by atoms with E-state index in [0.717, 1.165) is 6.92 Å². The Bertz CT molecular complexity index is 1010. The molecule has 0 radical (unpaired) electrons. The molecule has 4 N–H and O–H groups in total. The second-order valence-electron chi connectivity index (χ2n) is 6.94. The van der Waals surface area contributed by atoms with Gasteiger partial charge in [0.15, 0.2) is 17.4 Å². The van der Waals surface area contributed by atoms with Crippen LogP contribution in [0.5, 0.6) is 5.88 Å². The standard InChI is InChI=1S/C15H22N5O9P/c1-6(12(22)23)30(25,26)28-4-7-9(21)15(2,24)13(29-7)20-5-17-8-10(20)18-14(16)19-11(8)27-3/h5-7,9,13,21,24H,4H2,1-3H3,(H,22,23)(H,25,26)(H2,16,18,19)/p-2/t6-,7+,9+,13+,15+/m0/s1. The second-order valence-corrected chi connectivity index (χ2v) is 9.06. The van der Waals surface area contributed by atoms with E-state index in [1.54, 1.807) is 0 Å². The number of hydrogen-bond donors (Lipinski definition) is 3. The highest BCUT2D eigenvalue weighted by Crippen LogP contribution is 2.45. The molecule has 30 heavy (non-hydrogen) atoms. The maximum atomic E-state index is 11.9. The largest absolute Gasteiger partial charge is 0.778 e. The number of carbonyl (C=O) groups excluding carboxylic acids is 1. The molecule has 1 aliphatic heterocycles. The van der Waals surface area contributed by atoms with E-state index in [2.05, 4.69) is 15.0 Å². The predicted octanol–water partition coefficient (Wildman–Crippen LogP) is -2.87. The number of nitrogens with zero attached hydrogens (tertiary/aromatic N) is 4. The number of aliphatic hydroxyl groups excluding tert-OH is 1. The van der Waals surface area contributed by atoms with E-state index >= 15 is 0 Å². The number of anilines is 1. The third-order valence-corrected chi connectivity index (χ3v) is 6.51. The SMILES string of the molecule is COc1nc(N)nc2c1ncn2[C@@H]1O[C@H](COP(=O)([O-])[C@@H](C)C(=O)[O-])[C@@H](O)[C@@]1(C)O. The van der Waals surface area contributed by atoms with E-state index in [4.69, 9.17) is 19.7 Å². The summed E-state index contributed by atoms with van der Waals surface area (Å²) >= 11 is 0. The summed E-state index contributed by atoms with van der Waals surface area (Å²) in [4.78, 5) is 34.8. The van der Waals surface area contributed by atoms with Crippen LogP contribution in [0.3, 0.4) is 0 Å². The molecule has 0 spiro atoms. The van der Waals surface area contributed by atoms with Crippen molar-refractivity contribution in [3.63, 3.8) is 0 Å². The van der Waals surface area contributed by atoms with E-state index in [9.17, 15) is 29.6 Å². The van der Waals surface area contributed by atoms with Crippen molar-refractivity contribution in [2.75, 3.05) is 19.5 Å². The van der Waals surface area contributed by atoms with Crippen molar-refractivity contribution in [1.29, 1.82) is 0 Å². The number of aliphatic hydroxyl groups is 2. The minimum absolute atomic E-state index is 0.0814. The van der Waals surface area contributed by atoms with Gasteiger partial charge in [-0.1, -0.05) is 0 Å². The number of rotatable bonds is 7. The van der Waals surface area contributed by atoms with Gasteiger partial charge in [-0.3, -0.25) is 4.57 Å². The summed E-state index contributed by atoms with van der Waals surface area (Å²) in [7, 11) is -3.50. The maximum Gasteiger partial charge on any atom is 0.246 e. The van der Waals surface area contributed by atoms with Crippen LogP contribution in [0.4, 0.5) is 5.95 Å². The van der Waals surface area contributed by atoms with Crippen LogP contribution in [0.25, 0.3) is 11.2 Å². The lowest BCUT2D eigenvalue weighted by Crippen LogP contribution is -2.44. The Balaban J connectivity index is 1.88. The van der Waals surface area contributed by atoms with E-state index in [1.807, 2.05) is 0 Å². The summed E-state index contributed by atoms with van der Waals surface area (Å²) in [6, 6.07) is 0. The molecule has 0 aromatic carbocycles. The Labute approximate surface area is 169 Å². The summed E-state index contributed by atoms with van der Waals surface area (Å²) in [6.07, 6.45) is -2.93. The van der Waals surface area contributed by atoms with E-state index < -0.39 is 49.9 Å². The normalized spacial score (nSPS) is 29.6. The number of methoxy groups -OCH3 is 1. The highest BCUT2D eigenvalue weighted by atomic mass is 31.2. The number of fused-ring (bicyclic) bond motifs is 1. The maximum absolute atomic E-state index is 11.9. The van der Waals surface area contributed by atoms with Crippen molar-refractivity contribution in [2.45, 2.75) is 43.5 Å². The van der Waals surface area contributed by atoms with Gasteiger partial charge in [-0.2, -0.15) is 9.97 Å². The number of nitrogens with two attached hydrogens (primary N) is 1. The number of imidazole rings is 1. The van der Waals surface area contributed by atoms with Crippen molar-refractivity contribution in [1.82, 2.24) is 19.5 Å². The molecule has 1 unspecified atom stereocenters. The molecule has 1 fully saturated rings. The van der Waals surface area contributed by atoms with Gasteiger partial charge in [0.25, 0.3) is 0 Å². The molecule has 15 heteroatoms. The number of carboxylic acid groups (broad SMARTS) is 1. The zero-order valence-corrected chi connectivity index (χ0v) is 17.1. The van der Waals surface area contributed by atoms with Crippen LogP contribution in [0.15, 0.2) is 6.33 Å². The summed E-state index contributed by atoms with van der Waals surface area (Å²) in [5, 5.41) is 32.1. The van der Waals surface area contributed by atoms with Gasteiger partial charge in [-0.15, -0.1) is 0 Å². The number of nitrogen functional groups attached to an aromatic ring is 1. The molecular weight excluding hydrogens is 425 g/mol. The Morgan fingerprint density at radius 1 is 1.53 bits per heavy atom. The quantitative estimate of drug-likeness (QED) is 0.366. The average Bonchev–Trinajstić information content (AvgIpc) is 3.17. The molecule has 14 nitrogen and oxygen atoms in total. The van der Waals surface area contributed by atoms with Crippen LogP contribution in [0.1, 0.15) is 20.1 Å². The van der Waals surface area contributed by atoms with Crippen LogP contribution in [0, 0.1) is 0 Å². The minimum atomic E-state index is -4.85. The molecule has 6 atom stereocenters. The Kier molecular flexibility index (Phi) is 5.75. The molecule has 2 aromatic heterocycles. The highest BCUT2D eigenvalue weighted by molar-refractivity contribution is 7.53. The monoisotopic (exact) mass is 445 g/mol. The third-order valence-electron chi connectivity index (χ3n) is 4.84. The molecule has 1 saturated heterocycles. The van der Waals surface area contributed by atoms with Crippen molar-refractivity contribution >= 4 is 30.7 Å². The van der Waals surface area contributed by atoms with Crippen LogP contribution >= 0.6 is 7.60 Å². The molecule has 0 amide bonds. The first-order chi connectivity index (χ1) is 13.9. The van der Waals surface area contributed by atoms with Crippen LogP contribution in [-0.2, 0) is 18.6 Å². The summed E-state index contributed by atoms with van der Waals surface area (Å²) in [5.74, 6) is -1.89. The molecule has 2 aromatic rings. The van der Waals surface area contributed by atoms with Crippen molar-refractivity contribution in [2.24, 2.45) is 0 Å². The molecule has 0 saturated carbocycles. The predicted molar refractivity (Wildman–Crippen MR) is 94.9 cm³/mol. The van der Waals surface area contributed by atoms with Crippen LogP contribution in [0.2, 0.25) is 0 Å². The molecule has 1 aliphatic rings. The molecule has 0 bridgehead atoms. The van der Waals surface area contributed by atoms with Gasteiger partial charge in [0.1, 0.15) is 25.4 Å². The fourth-order valence-corrected chi connectivity index (χ4v) is 3.85. The van der Waals surface area contributed by atoms with Gasteiger partial charge in [-0.05, 0) is 13.8 Å². The number of hydrogen-bond acceptors (Lipinski definition) is 13. The fraction of sp³-hybridized carbons (Fsp3) is 0.600. The number of carboxylic acids is 1. The smallest absolute Gasteiger partial charge is 0.246 e. The molecule has 3 rings (SSSR count). The average molecular weight is 445 g/mol. The number of ether oxygens (including phenoxy) is 2. The van der Waals surface area contributed by atoms with Crippen molar-refractivity contribution < 1.29 is 43.6 Å². The topological polar surface area (TPSA) is 218 Å². The molecule has 3 heterocycles. The zero-order valence-electron chi connectivity index (χ0n) is 16.2. The third kappa shape index (κ3) is 3.73. The van der Waals surface area contributed by atoms with E-state index in [-0.39, 0.29) is 23.0 Å². The van der Waals surface area contributed by atoms with Gasteiger partial charge in [0, 0.05) is 0 Å². The Hall–Kier alpha value is -2.35. The van der Waals surface area contributed by atoms with Gasteiger partial charge in [0.05, 0.1) is 31.7 Å². The first-order valence-corrected chi connectivity index (χ1v) is 10.3. The van der Waals surface area contributed by atoms with Crippen LogP contribution < -0.4 is 20.5 Å². The van der Waals surface area contributed by atoms with Gasteiger partial charge >= 0.3 is 0 Å². The molecule has 166 valence electrons. The molecule has 0 aliphatic carbocycles. The first kappa shape index (κ1) is 22.3. The fourth-order valence-electron chi connectivity index (χ4n) is 3.02. The summed E-state index contributed by atoms with van der Waals surface area (Å²) in [5.41, 5.74) is 2.18. The number of aliphatic carboxylic acids is 1. The summed E-state index contributed by atoms with van der Waals surface area (Å²) < 4.78 is 28.6. The highest BCUT2D eigenvalue weighted by Gasteiger charge is 2.53. The summed E-state index contributed by atoms with van der Waals surface area (Å²) in [6.45, 7) is 1.42. The van der Waals surface area contributed by atoms with Crippen molar-refractivity contribution in [3.8, 4) is 5.88 Å². The minimum Gasteiger partial charge on any atom is -0.778 e. The van der Waals surface area contributed by atoms with E-state index in [1.165, 1.54) is 24.9 Å². The number of aromatic nitrogens is 4. The Morgan fingerprint density at radius 3 is 2.80 bits per heavy atom.